The zero-order valence-electron chi connectivity index (χ0n) is 12.6. The molecule has 0 saturated heterocycles. The van der Waals surface area contributed by atoms with Gasteiger partial charge in [-0.15, -0.1) is 11.3 Å². The number of nitrogens with zero attached hydrogens (tertiary/aromatic N) is 2. The number of thiazole rings is 1. The van der Waals surface area contributed by atoms with Gasteiger partial charge in [0.05, 0.1) is 12.2 Å². The number of carbonyl (C=O) groups excluding carboxylic acids is 1. The molecule has 0 unspecified atom stereocenters. The highest BCUT2D eigenvalue weighted by atomic mass is 32.1. The van der Waals surface area contributed by atoms with Gasteiger partial charge in [-0.2, -0.15) is 0 Å². The van der Waals surface area contributed by atoms with Crippen LogP contribution in [0.25, 0.3) is 0 Å². The van der Waals surface area contributed by atoms with Gasteiger partial charge in [-0.3, -0.25) is 9.69 Å². The summed E-state index contributed by atoms with van der Waals surface area (Å²) in [6, 6.07) is 10.5. The molecule has 5 nitrogen and oxygen atoms in total. The molecule has 1 aromatic heterocycles. The van der Waals surface area contributed by atoms with Gasteiger partial charge < -0.3 is 10.6 Å². The zero-order chi connectivity index (χ0) is 15.4. The minimum Gasteiger partial charge on any atom is -0.311 e. The van der Waals surface area contributed by atoms with E-state index >= 15 is 0 Å². The number of amides is 1. The summed E-state index contributed by atoms with van der Waals surface area (Å²) in [5.74, 6) is -0.0465. The SMILES string of the molecule is CNCC(=O)Nc1nc2c(s1)CN(Cc1ccccc1)CC2. The summed E-state index contributed by atoms with van der Waals surface area (Å²) < 4.78 is 0. The molecule has 0 aliphatic carbocycles. The molecule has 6 heteroatoms. The van der Waals surface area contributed by atoms with E-state index < -0.39 is 0 Å². The second-order valence-corrected chi connectivity index (χ2v) is 6.50. The average molecular weight is 316 g/mol. The number of rotatable bonds is 5. The first-order chi connectivity index (χ1) is 10.7. The third-order valence-electron chi connectivity index (χ3n) is 3.64. The van der Waals surface area contributed by atoms with Gasteiger partial charge in [0.1, 0.15) is 0 Å². The standard InChI is InChI=1S/C16H20N4OS/c1-17-9-15(21)19-16-18-13-7-8-20(11-14(13)22-16)10-12-5-3-2-4-6-12/h2-6,17H,7-11H2,1H3,(H,18,19,21). The predicted octanol–water partition coefficient (Wildman–Crippen LogP) is 1.86. The lowest BCUT2D eigenvalue weighted by Gasteiger charge is -2.25. The maximum Gasteiger partial charge on any atom is 0.240 e. The Hall–Kier alpha value is -1.76. The van der Waals surface area contributed by atoms with E-state index in [-0.39, 0.29) is 5.91 Å². The van der Waals surface area contributed by atoms with Crippen molar-refractivity contribution in [3.05, 3.63) is 46.5 Å². The van der Waals surface area contributed by atoms with Crippen molar-refractivity contribution in [2.45, 2.75) is 19.5 Å². The fourth-order valence-electron chi connectivity index (χ4n) is 2.60. The minimum absolute atomic E-state index is 0.0465. The van der Waals surface area contributed by atoms with Crippen LogP contribution in [0.3, 0.4) is 0 Å². The van der Waals surface area contributed by atoms with E-state index in [0.717, 1.165) is 31.7 Å². The Morgan fingerprint density at radius 1 is 1.36 bits per heavy atom. The lowest BCUT2D eigenvalue weighted by Crippen LogP contribution is -2.29. The summed E-state index contributed by atoms with van der Waals surface area (Å²) in [6.45, 7) is 3.18. The van der Waals surface area contributed by atoms with Gasteiger partial charge in [-0.25, -0.2) is 4.98 Å². The van der Waals surface area contributed by atoms with Crippen LogP contribution in [0.15, 0.2) is 30.3 Å². The van der Waals surface area contributed by atoms with Crippen LogP contribution in [0.4, 0.5) is 5.13 Å². The Balaban J connectivity index is 1.63. The van der Waals surface area contributed by atoms with E-state index in [1.807, 2.05) is 6.07 Å². The summed E-state index contributed by atoms with van der Waals surface area (Å²) in [4.78, 5) is 19.9. The normalized spacial score (nSPS) is 14.6. The van der Waals surface area contributed by atoms with Crippen molar-refractivity contribution in [3.63, 3.8) is 0 Å². The van der Waals surface area contributed by atoms with Gasteiger partial charge in [0.2, 0.25) is 5.91 Å². The molecule has 116 valence electrons. The van der Waals surface area contributed by atoms with Crippen LogP contribution in [0.5, 0.6) is 0 Å². The third-order valence-corrected chi connectivity index (χ3v) is 4.64. The number of likely N-dealkylation sites (N-methyl/N-ethyl adjacent to an activating group) is 1. The average Bonchev–Trinajstić information content (AvgIpc) is 2.90. The monoisotopic (exact) mass is 316 g/mol. The highest BCUT2D eigenvalue weighted by Crippen LogP contribution is 2.28. The fraction of sp³-hybridized carbons (Fsp3) is 0.375. The Morgan fingerprint density at radius 3 is 2.95 bits per heavy atom. The van der Waals surface area contributed by atoms with Crippen molar-refractivity contribution in [1.82, 2.24) is 15.2 Å². The lowest BCUT2D eigenvalue weighted by atomic mass is 10.1. The quantitative estimate of drug-likeness (QED) is 0.884. The van der Waals surface area contributed by atoms with Crippen molar-refractivity contribution in [2.24, 2.45) is 0 Å². The van der Waals surface area contributed by atoms with Crippen molar-refractivity contribution in [2.75, 3.05) is 25.5 Å². The number of aromatic nitrogens is 1. The number of anilines is 1. The van der Waals surface area contributed by atoms with Crippen LogP contribution >= 0.6 is 11.3 Å². The molecule has 0 fully saturated rings. The first-order valence-corrected chi connectivity index (χ1v) is 8.25. The maximum absolute atomic E-state index is 11.6. The molecule has 0 radical (unpaired) electrons. The Labute approximate surface area is 134 Å². The molecule has 22 heavy (non-hydrogen) atoms. The van der Waals surface area contributed by atoms with Gasteiger partial charge in [0.25, 0.3) is 0 Å². The minimum atomic E-state index is -0.0465. The van der Waals surface area contributed by atoms with Crippen LogP contribution in [0.2, 0.25) is 0 Å². The molecule has 2 aromatic rings. The highest BCUT2D eigenvalue weighted by molar-refractivity contribution is 7.15. The van der Waals surface area contributed by atoms with Gasteiger partial charge in [-0.05, 0) is 12.6 Å². The second-order valence-electron chi connectivity index (χ2n) is 5.41. The molecular formula is C16H20N4OS. The van der Waals surface area contributed by atoms with Crippen LogP contribution in [0, 0.1) is 0 Å². The molecule has 3 rings (SSSR count). The van der Waals surface area contributed by atoms with Crippen LogP contribution in [-0.4, -0.2) is 35.9 Å². The number of hydrogen-bond acceptors (Lipinski definition) is 5. The predicted molar refractivity (Wildman–Crippen MR) is 88.9 cm³/mol. The van der Waals surface area contributed by atoms with Gasteiger partial charge in [0.15, 0.2) is 5.13 Å². The first-order valence-electron chi connectivity index (χ1n) is 7.44. The van der Waals surface area contributed by atoms with Gasteiger partial charge in [-0.1, -0.05) is 30.3 Å². The second kappa shape index (κ2) is 7.00. The Morgan fingerprint density at radius 2 is 2.18 bits per heavy atom. The van der Waals surface area contributed by atoms with Gasteiger partial charge in [0, 0.05) is 30.9 Å². The molecule has 0 spiro atoms. The van der Waals surface area contributed by atoms with Crippen molar-refractivity contribution < 1.29 is 4.79 Å². The van der Waals surface area contributed by atoms with Crippen molar-refractivity contribution in [1.29, 1.82) is 0 Å². The molecule has 0 atom stereocenters. The maximum atomic E-state index is 11.6. The van der Waals surface area contributed by atoms with E-state index in [1.165, 1.54) is 10.4 Å². The number of nitrogens with one attached hydrogen (secondary N) is 2. The zero-order valence-corrected chi connectivity index (χ0v) is 13.4. The topological polar surface area (TPSA) is 57.3 Å². The van der Waals surface area contributed by atoms with E-state index in [0.29, 0.717) is 11.7 Å². The number of fused-ring (bicyclic) bond motifs is 1. The summed E-state index contributed by atoms with van der Waals surface area (Å²) in [5.41, 5.74) is 2.46. The molecule has 0 bridgehead atoms. The smallest absolute Gasteiger partial charge is 0.240 e. The van der Waals surface area contributed by atoms with E-state index in [9.17, 15) is 4.79 Å². The van der Waals surface area contributed by atoms with Crippen LogP contribution < -0.4 is 10.6 Å². The van der Waals surface area contributed by atoms with Gasteiger partial charge >= 0.3 is 0 Å². The molecule has 2 heterocycles. The van der Waals surface area contributed by atoms with Crippen LogP contribution in [0.1, 0.15) is 16.1 Å². The lowest BCUT2D eigenvalue weighted by molar-refractivity contribution is -0.115. The van der Waals surface area contributed by atoms with E-state index in [1.54, 1.807) is 18.4 Å². The largest absolute Gasteiger partial charge is 0.311 e. The highest BCUT2D eigenvalue weighted by Gasteiger charge is 2.21. The van der Waals surface area contributed by atoms with E-state index in [2.05, 4.69) is 44.8 Å². The summed E-state index contributed by atoms with van der Waals surface area (Å²) >= 11 is 1.59. The number of carbonyl (C=O) groups is 1. The fourth-order valence-corrected chi connectivity index (χ4v) is 3.67. The molecule has 1 aliphatic heterocycles. The molecule has 1 aromatic carbocycles. The summed E-state index contributed by atoms with van der Waals surface area (Å²) in [6.07, 6.45) is 0.945. The summed E-state index contributed by atoms with van der Waals surface area (Å²) in [5, 5.41) is 6.41. The Kier molecular flexibility index (Phi) is 4.82. The molecule has 1 amide bonds. The van der Waals surface area contributed by atoms with Crippen molar-refractivity contribution in [3.8, 4) is 0 Å². The van der Waals surface area contributed by atoms with Crippen molar-refractivity contribution >= 4 is 22.4 Å². The number of benzene rings is 1. The van der Waals surface area contributed by atoms with E-state index in [4.69, 9.17) is 0 Å². The Bertz CT molecular complexity index is 641. The first kappa shape index (κ1) is 15.1. The van der Waals surface area contributed by atoms with Crippen LogP contribution in [-0.2, 0) is 24.3 Å². The number of hydrogen-bond donors (Lipinski definition) is 2. The summed E-state index contributed by atoms with van der Waals surface area (Å²) in [7, 11) is 1.76. The molecule has 0 saturated carbocycles. The molecule has 1 aliphatic rings. The molecule has 2 N–H and O–H groups in total. The third kappa shape index (κ3) is 3.71. The molecular weight excluding hydrogens is 296 g/mol.